The zero-order valence-corrected chi connectivity index (χ0v) is 17.7. The highest BCUT2D eigenvalue weighted by atomic mass is 32.1. The van der Waals surface area contributed by atoms with E-state index in [1.165, 1.54) is 10.4 Å². The van der Waals surface area contributed by atoms with Crippen LogP contribution in [0.2, 0.25) is 0 Å². The Morgan fingerprint density at radius 3 is 2.64 bits per heavy atom. The van der Waals surface area contributed by atoms with Crippen LogP contribution in [0.25, 0.3) is 0 Å². The summed E-state index contributed by atoms with van der Waals surface area (Å²) in [6, 6.07) is 12.3. The first kappa shape index (κ1) is 20.6. The summed E-state index contributed by atoms with van der Waals surface area (Å²) < 4.78 is 0. The molecular weight excluding hydrogens is 368 g/mol. The number of thiophene rings is 1. The van der Waals surface area contributed by atoms with Crippen molar-refractivity contribution >= 4 is 23.2 Å². The van der Waals surface area contributed by atoms with Crippen LogP contribution in [0, 0.1) is 0 Å². The summed E-state index contributed by atoms with van der Waals surface area (Å²) in [5.74, 6) is 0.144. The van der Waals surface area contributed by atoms with Crippen LogP contribution >= 0.6 is 11.3 Å². The molecule has 1 unspecified atom stereocenters. The molecule has 0 radical (unpaired) electrons. The zero-order chi connectivity index (χ0) is 19.9. The number of amides is 2. The molecule has 0 saturated heterocycles. The number of nitrogens with zero attached hydrogens (tertiary/aromatic N) is 2. The van der Waals surface area contributed by atoms with Gasteiger partial charge in [-0.15, -0.1) is 11.3 Å². The molecule has 2 heterocycles. The highest BCUT2D eigenvalue weighted by Crippen LogP contribution is 2.37. The second kappa shape index (κ2) is 9.87. The Balaban J connectivity index is 1.81. The molecule has 150 valence electrons. The molecule has 0 fully saturated rings. The molecular formula is C23H30N2O2S. The summed E-state index contributed by atoms with van der Waals surface area (Å²) in [7, 11) is 0. The van der Waals surface area contributed by atoms with E-state index in [-0.39, 0.29) is 24.4 Å². The maximum absolute atomic E-state index is 13.3. The Bertz CT molecular complexity index is 787. The van der Waals surface area contributed by atoms with Gasteiger partial charge in [0.1, 0.15) is 0 Å². The van der Waals surface area contributed by atoms with Crippen LogP contribution in [0.3, 0.4) is 0 Å². The van der Waals surface area contributed by atoms with E-state index >= 15 is 0 Å². The normalized spacial score (nSPS) is 15.9. The minimum Gasteiger partial charge on any atom is -0.333 e. The Labute approximate surface area is 172 Å². The zero-order valence-electron chi connectivity index (χ0n) is 16.9. The first-order valence-corrected chi connectivity index (χ1v) is 11.2. The van der Waals surface area contributed by atoms with Crippen molar-refractivity contribution in [2.24, 2.45) is 0 Å². The van der Waals surface area contributed by atoms with Gasteiger partial charge in [-0.05, 0) is 41.8 Å². The fraction of sp³-hybridized carbons (Fsp3) is 0.478. The summed E-state index contributed by atoms with van der Waals surface area (Å²) in [5.41, 5.74) is 2.37. The van der Waals surface area contributed by atoms with E-state index in [0.717, 1.165) is 31.2 Å². The molecule has 0 spiro atoms. The average Bonchev–Trinajstić information content (AvgIpc) is 3.20. The monoisotopic (exact) mass is 398 g/mol. The van der Waals surface area contributed by atoms with E-state index in [1.54, 1.807) is 16.2 Å². The molecule has 4 nitrogen and oxygen atoms in total. The number of rotatable bonds is 8. The molecule has 3 rings (SSSR count). The quantitative estimate of drug-likeness (QED) is 0.649. The molecule has 2 aromatic rings. The lowest BCUT2D eigenvalue weighted by Crippen LogP contribution is -2.47. The number of carbonyl (C=O) groups is 2. The fourth-order valence-electron chi connectivity index (χ4n) is 3.88. The molecule has 1 aromatic carbocycles. The molecule has 2 amide bonds. The smallest absolute Gasteiger partial charge is 0.242 e. The van der Waals surface area contributed by atoms with Gasteiger partial charge in [0.25, 0.3) is 0 Å². The molecule has 0 bridgehead atoms. The molecule has 0 aliphatic carbocycles. The highest BCUT2D eigenvalue weighted by Gasteiger charge is 2.33. The topological polar surface area (TPSA) is 40.6 Å². The lowest BCUT2D eigenvalue weighted by molar-refractivity contribution is -0.141. The first-order valence-electron chi connectivity index (χ1n) is 10.3. The first-order chi connectivity index (χ1) is 13.7. The summed E-state index contributed by atoms with van der Waals surface area (Å²) in [4.78, 5) is 31.0. The van der Waals surface area contributed by atoms with Gasteiger partial charge in [-0.3, -0.25) is 9.59 Å². The maximum atomic E-state index is 13.3. The Morgan fingerprint density at radius 2 is 1.93 bits per heavy atom. The molecule has 1 aliphatic heterocycles. The van der Waals surface area contributed by atoms with Crippen LogP contribution in [0.1, 0.15) is 61.6 Å². The van der Waals surface area contributed by atoms with Gasteiger partial charge >= 0.3 is 0 Å². The minimum absolute atomic E-state index is 0.0454. The van der Waals surface area contributed by atoms with Gasteiger partial charge in [-0.1, -0.05) is 50.6 Å². The van der Waals surface area contributed by atoms with Crippen LogP contribution in [0.5, 0.6) is 0 Å². The van der Waals surface area contributed by atoms with E-state index in [9.17, 15) is 9.59 Å². The lowest BCUT2D eigenvalue weighted by atomic mass is 9.93. The Morgan fingerprint density at radius 1 is 1.14 bits per heavy atom. The number of unbranched alkanes of at least 4 members (excludes halogenated alkanes) is 1. The van der Waals surface area contributed by atoms with Crippen molar-refractivity contribution in [2.75, 3.05) is 19.6 Å². The Hall–Kier alpha value is -2.14. The van der Waals surface area contributed by atoms with Gasteiger partial charge in [0.15, 0.2) is 0 Å². The SMILES string of the molecule is CCCCC(=O)N(CCC)CC(=O)N1CCc2sccc2C1c1ccccc1. The van der Waals surface area contributed by atoms with E-state index in [1.807, 2.05) is 23.1 Å². The van der Waals surface area contributed by atoms with Crippen molar-refractivity contribution in [3.63, 3.8) is 0 Å². The highest BCUT2D eigenvalue weighted by molar-refractivity contribution is 7.10. The molecule has 1 aliphatic rings. The van der Waals surface area contributed by atoms with E-state index < -0.39 is 0 Å². The summed E-state index contributed by atoms with van der Waals surface area (Å²) in [6.45, 7) is 5.66. The predicted octanol–water partition coefficient (Wildman–Crippen LogP) is 4.65. The van der Waals surface area contributed by atoms with Crippen molar-refractivity contribution < 1.29 is 9.59 Å². The lowest BCUT2D eigenvalue weighted by Gasteiger charge is -2.37. The van der Waals surface area contributed by atoms with Crippen LogP contribution in [-0.2, 0) is 16.0 Å². The molecule has 1 aromatic heterocycles. The Kier molecular flexibility index (Phi) is 7.26. The van der Waals surface area contributed by atoms with E-state index in [2.05, 4.69) is 37.4 Å². The number of hydrogen-bond donors (Lipinski definition) is 0. The van der Waals surface area contributed by atoms with E-state index in [0.29, 0.717) is 19.5 Å². The second-order valence-electron chi connectivity index (χ2n) is 7.37. The van der Waals surface area contributed by atoms with Crippen LogP contribution < -0.4 is 0 Å². The van der Waals surface area contributed by atoms with E-state index in [4.69, 9.17) is 0 Å². The minimum atomic E-state index is -0.0575. The average molecular weight is 399 g/mol. The molecule has 1 atom stereocenters. The number of fused-ring (bicyclic) bond motifs is 1. The third-order valence-electron chi connectivity index (χ3n) is 5.32. The summed E-state index contributed by atoms with van der Waals surface area (Å²) in [5, 5.41) is 2.12. The van der Waals surface area contributed by atoms with Gasteiger partial charge in [0, 0.05) is 24.4 Å². The van der Waals surface area contributed by atoms with Crippen molar-refractivity contribution in [3.8, 4) is 0 Å². The third-order valence-corrected chi connectivity index (χ3v) is 6.31. The number of benzene rings is 1. The largest absolute Gasteiger partial charge is 0.333 e. The van der Waals surface area contributed by atoms with Gasteiger partial charge < -0.3 is 9.80 Å². The van der Waals surface area contributed by atoms with Crippen LogP contribution in [-0.4, -0.2) is 41.2 Å². The second-order valence-corrected chi connectivity index (χ2v) is 8.37. The summed E-state index contributed by atoms with van der Waals surface area (Å²) >= 11 is 1.77. The van der Waals surface area contributed by atoms with Crippen molar-refractivity contribution in [3.05, 3.63) is 57.8 Å². The molecule has 0 saturated carbocycles. The summed E-state index contributed by atoms with van der Waals surface area (Å²) in [6.07, 6.45) is 4.15. The van der Waals surface area contributed by atoms with Gasteiger partial charge in [0.2, 0.25) is 11.8 Å². The van der Waals surface area contributed by atoms with Gasteiger partial charge in [0.05, 0.1) is 12.6 Å². The van der Waals surface area contributed by atoms with Crippen LogP contribution in [0.4, 0.5) is 0 Å². The van der Waals surface area contributed by atoms with Gasteiger partial charge in [-0.25, -0.2) is 0 Å². The standard InChI is InChI=1S/C23H30N2O2S/c1-3-5-11-21(26)24(14-4-2)17-22(27)25-15-12-20-19(13-16-28-20)23(25)18-9-7-6-8-10-18/h6-10,13,16,23H,3-5,11-12,14-15,17H2,1-2H3. The van der Waals surface area contributed by atoms with Crippen molar-refractivity contribution in [2.45, 2.75) is 52.0 Å². The number of hydrogen-bond acceptors (Lipinski definition) is 3. The van der Waals surface area contributed by atoms with Crippen molar-refractivity contribution in [1.29, 1.82) is 0 Å². The molecule has 0 N–H and O–H groups in total. The van der Waals surface area contributed by atoms with Crippen LogP contribution in [0.15, 0.2) is 41.8 Å². The maximum Gasteiger partial charge on any atom is 0.242 e. The third kappa shape index (κ3) is 4.64. The van der Waals surface area contributed by atoms with Gasteiger partial charge in [-0.2, -0.15) is 0 Å². The molecule has 28 heavy (non-hydrogen) atoms. The molecule has 5 heteroatoms. The predicted molar refractivity (Wildman–Crippen MR) is 114 cm³/mol. The number of carbonyl (C=O) groups excluding carboxylic acids is 2. The van der Waals surface area contributed by atoms with Crippen molar-refractivity contribution in [1.82, 2.24) is 9.80 Å². The fourth-order valence-corrected chi connectivity index (χ4v) is 4.79.